The summed E-state index contributed by atoms with van der Waals surface area (Å²) in [6.07, 6.45) is 1.65. The number of fused-ring (bicyclic) bond motifs is 1. The SMILES string of the molecule is O=c1[nH]c(-c2ccnc3ccccc23)nc(O)c1I. The summed E-state index contributed by atoms with van der Waals surface area (Å²) in [6.45, 7) is 0. The summed E-state index contributed by atoms with van der Waals surface area (Å²) in [7, 11) is 0. The van der Waals surface area contributed by atoms with Gasteiger partial charge in [0.1, 0.15) is 9.39 Å². The molecule has 3 aromatic rings. The molecule has 0 amide bonds. The molecule has 2 N–H and O–H groups in total. The molecule has 0 atom stereocenters. The van der Waals surface area contributed by atoms with E-state index in [1.54, 1.807) is 34.9 Å². The Morgan fingerprint density at radius 2 is 2.00 bits per heavy atom. The van der Waals surface area contributed by atoms with Crippen LogP contribution in [-0.2, 0) is 0 Å². The number of halogens is 1. The average Bonchev–Trinajstić information content (AvgIpc) is 2.43. The Labute approximate surface area is 121 Å². The second kappa shape index (κ2) is 4.61. The minimum absolute atomic E-state index is 0.180. The molecule has 0 aliphatic rings. The molecule has 0 radical (unpaired) electrons. The molecule has 5 nitrogen and oxygen atoms in total. The van der Waals surface area contributed by atoms with E-state index in [0.29, 0.717) is 5.82 Å². The molecule has 0 fully saturated rings. The molecular weight excluding hydrogens is 357 g/mol. The van der Waals surface area contributed by atoms with Crippen LogP contribution in [0.1, 0.15) is 0 Å². The summed E-state index contributed by atoms with van der Waals surface area (Å²) in [5, 5.41) is 10.5. The predicted molar refractivity (Wildman–Crippen MR) is 80.0 cm³/mol. The number of hydrogen-bond acceptors (Lipinski definition) is 4. The van der Waals surface area contributed by atoms with Crippen LogP contribution in [0, 0.1) is 3.57 Å². The van der Waals surface area contributed by atoms with Crippen molar-refractivity contribution >= 4 is 33.5 Å². The summed E-state index contributed by atoms with van der Waals surface area (Å²) in [6, 6.07) is 9.31. The number of nitrogens with zero attached hydrogens (tertiary/aromatic N) is 2. The molecule has 0 spiro atoms. The fraction of sp³-hybridized carbons (Fsp3) is 0. The van der Waals surface area contributed by atoms with Crippen molar-refractivity contribution in [1.82, 2.24) is 15.0 Å². The number of aromatic nitrogens is 3. The van der Waals surface area contributed by atoms with Crippen LogP contribution in [0.4, 0.5) is 0 Å². The van der Waals surface area contributed by atoms with Crippen LogP contribution in [0.15, 0.2) is 41.3 Å². The lowest BCUT2D eigenvalue weighted by Crippen LogP contribution is -2.12. The smallest absolute Gasteiger partial charge is 0.268 e. The largest absolute Gasteiger partial charge is 0.492 e. The number of aromatic amines is 1. The first-order chi connectivity index (χ1) is 9.16. The van der Waals surface area contributed by atoms with Crippen molar-refractivity contribution < 1.29 is 5.11 Å². The van der Waals surface area contributed by atoms with Crippen LogP contribution in [-0.4, -0.2) is 20.1 Å². The lowest BCUT2D eigenvalue weighted by atomic mass is 10.1. The van der Waals surface area contributed by atoms with Gasteiger partial charge >= 0.3 is 0 Å². The van der Waals surface area contributed by atoms with Gasteiger partial charge in [-0.05, 0) is 34.7 Å². The standard InChI is InChI=1S/C13H8IN3O2/c14-10-12(18)16-11(17-13(10)19)8-5-6-15-9-4-2-1-3-7(8)9/h1-6H,(H2,16,17,18,19). The molecule has 0 saturated heterocycles. The Morgan fingerprint density at radius 1 is 1.21 bits per heavy atom. The molecule has 3 rings (SSSR count). The zero-order valence-electron chi connectivity index (χ0n) is 9.59. The molecule has 0 unspecified atom stereocenters. The first-order valence-corrected chi connectivity index (χ1v) is 6.57. The van der Waals surface area contributed by atoms with Crippen molar-refractivity contribution in [3.8, 4) is 17.3 Å². The van der Waals surface area contributed by atoms with Crippen molar-refractivity contribution in [1.29, 1.82) is 0 Å². The summed E-state index contributed by atoms with van der Waals surface area (Å²) in [4.78, 5) is 22.6. The molecule has 0 saturated carbocycles. The van der Waals surface area contributed by atoms with Crippen molar-refractivity contribution in [2.24, 2.45) is 0 Å². The second-order valence-corrected chi connectivity index (χ2v) is 5.01. The summed E-state index contributed by atoms with van der Waals surface area (Å²) >= 11 is 1.75. The Balaban J connectivity index is 2.34. The number of pyridine rings is 1. The lowest BCUT2D eigenvalue weighted by molar-refractivity contribution is 0.447. The first-order valence-electron chi connectivity index (χ1n) is 5.50. The number of aromatic hydroxyl groups is 1. The van der Waals surface area contributed by atoms with Gasteiger partial charge in [-0.2, -0.15) is 4.98 Å². The molecule has 2 heterocycles. The van der Waals surface area contributed by atoms with E-state index in [1.165, 1.54) is 0 Å². The highest BCUT2D eigenvalue weighted by atomic mass is 127. The van der Waals surface area contributed by atoms with Crippen LogP contribution in [0.2, 0.25) is 0 Å². The number of H-pyrrole nitrogens is 1. The Morgan fingerprint density at radius 3 is 2.79 bits per heavy atom. The van der Waals surface area contributed by atoms with Gasteiger partial charge < -0.3 is 10.1 Å². The third-order valence-corrected chi connectivity index (χ3v) is 3.72. The molecule has 19 heavy (non-hydrogen) atoms. The quantitative estimate of drug-likeness (QED) is 0.649. The van der Waals surface area contributed by atoms with E-state index >= 15 is 0 Å². The third-order valence-electron chi connectivity index (χ3n) is 2.75. The molecule has 0 bridgehead atoms. The summed E-state index contributed by atoms with van der Waals surface area (Å²) in [5.74, 6) is 0.0711. The van der Waals surface area contributed by atoms with E-state index in [2.05, 4.69) is 15.0 Å². The van der Waals surface area contributed by atoms with Crippen LogP contribution in [0.3, 0.4) is 0 Å². The zero-order chi connectivity index (χ0) is 13.4. The van der Waals surface area contributed by atoms with Gasteiger partial charge in [0.05, 0.1) is 5.52 Å². The van der Waals surface area contributed by atoms with Crippen LogP contribution < -0.4 is 5.56 Å². The fourth-order valence-electron chi connectivity index (χ4n) is 1.88. The van der Waals surface area contributed by atoms with Crippen molar-refractivity contribution in [2.45, 2.75) is 0 Å². The molecule has 94 valence electrons. The fourth-order valence-corrected chi connectivity index (χ4v) is 2.13. The van der Waals surface area contributed by atoms with Gasteiger partial charge in [0.25, 0.3) is 5.56 Å². The van der Waals surface area contributed by atoms with E-state index in [0.717, 1.165) is 16.5 Å². The van der Waals surface area contributed by atoms with Crippen molar-refractivity contribution in [3.63, 3.8) is 0 Å². The molecule has 6 heteroatoms. The molecule has 2 aromatic heterocycles. The van der Waals surface area contributed by atoms with Crippen molar-refractivity contribution in [3.05, 3.63) is 50.5 Å². The van der Waals surface area contributed by atoms with Gasteiger partial charge in [0, 0.05) is 17.1 Å². The topological polar surface area (TPSA) is 78.9 Å². The number of para-hydroxylation sites is 1. The normalized spacial score (nSPS) is 10.8. The van der Waals surface area contributed by atoms with Gasteiger partial charge in [-0.1, -0.05) is 18.2 Å². The first kappa shape index (κ1) is 12.1. The van der Waals surface area contributed by atoms with E-state index in [1.807, 2.05) is 24.3 Å². The number of benzene rings is 1. The Bertz CT molecular complexity index is 824. The van der Waals surface area contributed by atoms with E-state index in [4.69, 9.17) is 0 Å². The number of nitrogens with one attached hydrogen (secondary N) is 1. The second-order valence-electron chi connectivity index (χ2n) is 3.93. The minimum atomic E-state index is -0.357. The highest BCUT2D eigenvalue weighted by Crippen LogP contribution is 2.25. The number of rotatable bonds is 1. The van der Waals surface area contributed by atoms with Gasteiger partial charge in [-0.3, -0.25) is 9.78 Å². The average molecular weight is 365 g/mol. The summed E-state index contributed by atoms with van der Waals surface area (Å²) < 4.78 is 0.180. The molecule has 1 aromatic carbocycles. The summed E-state index contributed by atoms with van der Waals surface area (Å²) in [5.41, 5.74) is 1.18. The maximum absolute atomic E-state index is 11.7. The highest BCUT2D eigenvalue weighted by Gasteiger charge is 2.11. The third kappa shape index (κ3) is 2.07. The van der Waals surface area contributed by atoms with Gasteiger partial charge in [0.15, 0.2) is 0 Å². The highest BCUT2D eigenvalue weighted by molar-refractivity contribution is 14.1. The van der Waals surface area contributed by atoms with Gasteiger partial charge in [0.2, 0.25) is 5.88 Å². The molecule has 0 aliphatic carbocycles. The Kier molecular flexibility index (Phi) is 2.94. The van der Waals surface area contributed by atoms with Gasteiger partial charge in [-0.15, -0.1) is 0 Å². The predicted octanol–water partition coefficient (Wildman–Crippen LogP) is 2.30. The van der Waals surface area contributed by atoms with E-state index in [9.17, 15) is 9.90 Å². The number of hydrogen-bond donors (Lipinski definition) is 2. The maximum Gasteiger partial charge on any atom is 0.268 e. The molecular formula is C13H8IN3O2. The monoisotopic (exact) mass is 365 g/mol. The van der Waals surface area contributed by atoms with Crippen molar-refractivity contribution in [2.75, 3.05) is 0 Å². The van der Waals surface area contributed by atoms with E-state index in [-0.39, 0.29) is 15.0 Å². The molecule has 0 aliphatic heterocycles. The van der Waals surface area contributed by atoms with Gasteiger partial charge in [-0.25, -0.2) is 0 Å². The van der Waals surface area contributed by atoms with E-state index < -0.39 is 0 Å². The van der Waals surface area contributed by atoms with Crippen LogP contribution >= 0.6 is 22.6 Å². The lowest BCUT2D eigenvalue weighted by Gasteiger charge is -2.06. The Hall–Kier alpha value is -1.96. The zero-order valence-corrected chi connectivity index (χ0v) is 11.7. The maximum atomic E-state index is 11.7. The van der Waals surface area contributed by atoms with Crippen LogP contribution in [0.5, 0.6) is 5.88 Å². The van der Waals surface area contributed by atoms with Crippen LogP contribution in [0.25, 0.3) is 22.3 Å². The minimum Gasteiger partial charge on any atom is -0.492 e.